The van der Waals surface area contributed by atoms with Crippen molar-refractivity contribution in [1.29, 1.82) is 0 Å². The van der Waals surface area contributed by atoms with E-state index in [1.807, 2.05) is 0 Å². The van der Waals surface area contributed by atoms with Crippen molar-refractivity contribution in [3.8, 4) is 0 Å². The van der Waals surface area contributed by atoms with Gasteiger partial charge < -0.3 is 16.2 Å². The van der Waals surface area contributed by atoms with Gasteiger partial charge in [0.2, 0.25) is 0 Å². The van der Waals surface area contributed by atoms with Crippen molar-refractivity contribution in [3.63, 3.8) is 0 Å². The van der Waals surface area contributed by atoms with Crippen LogP contribution in [0.2, 0.25) is 0 Å². The van der Waals surface area contributed by atoms with Crippen molar-refractivity contribution in [2.45, 2.75) is 0 Å². The highest BCUT2D eigenvalue weighted by Gasteiger charge is 1.99. The molecule has 0 aromatic heterocycles. The quantitative estimate of drug-likeness (QED) is 0.337. The smallest absolute Gasteiger partial charge is 0.355 e. The molecule has 0 aromatic rings. The minimum absolute atomic E-state index is 0.0764. The monoisotopic (exact) mass is 116 g/mol. The molecule has 0 rings (SSSR count). The van der Waals surface area contributed by atoms with Crippen LogP contribution in [0.1, 0.15) is 0 Å². The Morgan fingerprint density at radius 3 is 2.38 bits per heavy atom. The zero-order valence-electron chi connectivity index (χ0n) is 4.55. The van der Waals surface area contributed by atoms with Crippen LogP contribution >= 0.6 is 0 Å². The van der Waals surface area contributed by atoms with Crippen LogP contribution < -0.4 is 11.5 Å². The van der Waals surface area contributed by atoms with Gasteiger partial charge in [0, 0.05) is 6.20 Å². The van der Waals surface area contributed by atoms with Gasteiger partial charge in [-0.3, -0.25) is 0 Å². The molecule has 0 aliphatic carbocycles. The zero-order chi connectivity index (χ0) is 6.57. The van der Waals surface area contributed by atoms with Crippen LogP contribution in [0.3, 0.4) is 0 Å². The third-order valence-electron chi connectivity index (χ3n) is 0.601. The lowest BCUT2D eigenvalue weighted by atomic mass is 10.5. The molecule has 0 radical (unpaired) electrons. The molecule has 0 aromatic carbocycles. The average molecular weight is 116 g/mol. The fourth-order valence-electron chi connectivity index (χ4n) is 0.186. The van der Waals surface area contributed by atoms with Crippen molar-refractivity contribution in [2.75, 3.05) is 7.11 Å². The summed E-state index contributed by atoms with van der Waals surface area (Å²) >= 11 is 0. The van der Waals surface area contributed by atoms with Gasteiger partial charge in [-0.15, -0.1) is 0 Å². The van der Waals surface area contributed by atoms with Crippen LogP contribution in [0.25, 0.3) is 0 Å². The minimum Gasteiger partial charge on any atom is -0.464 e. The van der Waals surface area contributed by atoms with Gasteiger partial charge in [0.05, 0.1) is 7.11 Å². The molecule has 0 aliphatic heterocycles. The van der Waals surface area contributed by atoms with Gasteiger partial charge >= 0.3 is 5.97 Å². The summed E-state index contributed by atoms with van der Waals surface area (Å²) in [4.78, 5) is 10.2. The molecule has 0 spiro atoms. The van der Waals surface area contributed by atoms with Crippen LogP contribution in [0.15, 0.2) is 11.9 Å². The van der Waals surface area contributed by atoms with Crippen molar-refractivity contribution in [1.82, 2.24) is 0 Å². The number of esters is 1. The highest BCUT2D eigenvalue weighted by molar-refractivity contribution is 5.86. The first kappa shape index (κ1) is 6.81. The Bertz CT molecular complexity index is 119. The molecule has 4 N–H and O–H groups in total. The molecule has 4 nitrogen and oxygen atoms in total. The Labute approximate surface area is 47.1 Å². The summed E-state index contributed by atoms with van der Waals surface area (Å²) in [6.45, 7) is 0. The predicted octanol–water partition coefficient (Wildman–Crippen LogP) is -1.08. The van der Waals surface area contributed by atoms with Gasteiger partial charge in [0.1, 0.15) is 5.70 Å². The second-order valence-corrected chi connectivity index (χ2v) is 1.11. The topological polar surface area (TPSA) is 78.3 Å². The second kappa shape index (κ2) is 2.90. The molecule has 0 saturated heterocycles. The molecule has 0 unspecified atom stereocenters. The first-order chi connectivity index (χ1) is 3.72. The number of ether oxygens (including phenoxy) is 1. The Kier molecular flexibility index (Phi) is 2.47. The summed E-state index contributed by atoms with van der Waals surface area (Å²) in [5.74, 6) is -0.604. The second-order valence-electron chi connectivity index (χ2n) is 1.11. The largest absolute Gasteiger partial charge is 0.464 e. The summed E-state index contributed by atoms with van der Waals surface area (Å²) in [5, 5.41) is 0. The van der Waals surface area contributed by atoms with E-state index in [0.29, 0.717) is 0 Å². The lowest BCUT2D eigenvalue weighted by molar-refractivity contribution is -0.136. The third kappa shape index (κ3) is 1.51. The molecular formula is C4H8N2O2. The summed E-state index contributed by atoms with van der Waals surface area (Å²) in [6.07, 6.45) is 0.992. The maximum Gasteiger partial charge on any atom is 0.355 e. The van der Waals surface area contributed by atoms with Crippen molar-refractivity contribution >= 4 is 5.97 Å². The average Bonchev–Trinajstić information content (AvgIpc) is 1.84. The number of nitrogens with two attached hydrogens (primary N) is 2. The van der Waals surface area contributed by atoms with E-state index >= 15 is 0 Å². The Morgan fingerprint density at radius 2 is 2.25 bits per heavy atom. The van der Waals surface area contributed by atoms with Crippen LogP contribution in [0.5, 0.6) is 0 Å². The van der Waals surface area contributed by atoms with E-state index in [2.05, 4.69) is 4.74 Å². The van der Waals surface area contributed by atoms with Gasteiger partial charge in [0.15, 0.2) is 0 Å². The lowest BCUT2D eigenvalue weighted by Gasteiger charge is -1.93. The van der Waals surface area contributed by atoms with Crippen LogP contribution in [-0.2, 0) is 9.53 Å². The highest BCUT2D eigenvalue weighted by atomic mass is 16.5. The summed E-state index contributed by atoms with van der Waals surface area (Å²) in [7, 11) is 1.23. The number of carbonyl (C=O) groups excluding carboxylic acids is 1. The molecule has 4 heteroatoms. The van der Waals surface area contributed by atoms with E-state index in [1.165, 1.54) is 7.11 Å². The fraction of sp³-hybridized carbons (Fsp3) is 0.250. The molecule has 0 fully saturated rings. The molecule has 0 saturated carbocycles. The SMILES string of the molecule is COC(=O)/C(N)=C\N. The van der Waals surface area contributed by atoms with Crippen LogP contribution in [0.4, 0.5) is 0 Å². The van der Waals surface area contributed by atoms with Crippen molar-refractivity contribution < 1.29 is 9.53 Å². The van der Waals surface area contributed by atoms with Crippen molar-refractivity contribution in [2.24, 2.45) is 11.5 Å². The highest BCUT2D eigenvalue weighted by Crippen LogP contribution is 1.81. The molecular weight excluding hydrogens is 108 g/mol. The van der Waals surface area contributed by atoms with Crippen molar-refractivity contribution in [3.05, 3.63) is 11.9 Å². The molecule has 8 heavy (non-hydrogen) atoms. The summed E-state index contributed by atoms with van der Waals surface area (Å²) < 4.78 is 4.19. The van der Waals surface area contributed by atoms with E-state index in [9.17, 15) is 4.79 Å². The van der Waals surface area contributed by atoms with Gasteiger partial charge in [-0.2, -0.15) is 0 Å². The van der Waals surface area contributed by atoms with E-state index in [-0.39, 0.29) is 5.70 Å². The zero-order valence-corrected chi connectivity index (χ0v) is 4.55. The lowest BCUT2D eigenvalue weighted by Crippen LogP contribution is -2.14. The van der Waals surface area contributed by atoms with Gasteiger partial charge in [0.25, 0.3) is 0 Å². The number of hydrogen-bond donors (Lipinski definition) is 2. The van der Waals surface area contributed by atoms with E-state index in [4.69, 9.17) is 11.5 Å². The standard InChI is InChI=1S/C4H8N2O2/c1-8-4(7)3(6)2-5/h2H,5-6H2,1H3/b3-2+. The Balaban J connectivity index is 3.83. The number of methoxy groups -OCH3 is 1. The normalized spacial score (nSPS) is 10.9. The van der Waals surface area contributed by atoms with Gasteiger partial charge in [-0.25, -0.2) is 4.79 Å². The first-order valence-electron chi connectivity index (χ1n) is 1.98. The Morgan fingerprint density at radius 1 is 1.75 bits per heavy atom. The summed E-state index contributed by atoms with van der Waals surface area (Å²) in [5.41, 5.74) is 9.77. The van der Waals surface area contributed by atoms with Gasteiger partial charge in [-0.1, -0.05) is 0 Å². The third-order valence-corrected chi connectivity index (χ3v) is 0.601. The number of carbonyl (C=O) groups is 1. The molecule has 0 amide bonds. The van der Waals surface area contributed by atoms with Crippen LogP contribution in [-0.4, -0.2) is 13.1 Å². The fourth-order valence-corrected chi connectivity index (χ4v) is 0.186. The molecule has 0 aliphatic rings. The number of rotatable bonds is 1. The van der Waals surface area contributed by atoms with Gasteiger partial charge in [-0.05, 0) is 0 Å². The summed E-state index contributed by atoms with van der Waals surface area (Å²) in [6, 6.07) is 0. The molecule has 0 heterocycles. The number of hydrogen-bond acceptors (Lipinski definition) is 4. The maximum absolute atomic E-state index is 10.2. The predicted molar refractivity (Wildman–Crippen MR) is 28.5 cm³/mol. The molecule has 0 atom stereocenters. The van der Waals surface area contributed by atoms with E-state index in [0.717, 1.165) is 6.20 Å². The maximum atomic E-state index is 10.2. The van der Waals surface area contributed by atoms with E-state index in [1.54, 1.807) is 0 Å². The minimum atomic E-state index is -0.604. The Hall–Kier alpha value is -1.19. The van der Waals surface area contributed by atoms with Crippen LogP contribution in [0, 0.1) is 0 Å². The molecule has 46 valence electrons. The van der Waals surface area contributed by atoms with E-state index < -0.39 is 5.97 Å². The molecule has 0 bridgehead atoms. The first-order valence-corrected chi connectivity index (χ1v) is 1.98.